The Morgan fingerprint density at radius 3 is 2.35 bits per heavy atom. The first-order valence-electron chi connectivity index (χ1n) is 5.03. The van der Waals surface area contributed by atoms with Crippen LogP contribution in [-0.4, -0.2) is 25.7 Å². The van der Waals surface area contributed by atoms with Crippen LogP contribution in [-0.2, 0) is 9.53 Å². The van der Waals surface area contributed by atoms with Crippen molar-refractivity contribution in [1.82, 2.24) is 0 Å². The highest BCUT2D eigenvalue weighted by molar-refractivity contribution is 5.84. The van der Waals surface area contributed by atoms with E-state index >= 15 is 0 Å². The fourth-order valence-corrected chi connectivity index (χ4v) is 0.920. The molecule has 17 heavy (non-hydrogen) atoms. The number of hydrogen-bond donors (Lipinski definition) is 3. The molecule has 0 aromatic heterocycles. The molecule has 0 aliphatic heterocycles. The first-order valence-corrected chi connectivity index (χ1v) is 5.03. The van der Waals surface area contributed by atoms with Gasteiger partial charge in [0.1, 0.15) is 6.61 Å². The van der Waals surface area contributed by atoms with Crippen LogP contribution >= 0.6 is 0 Å². The summed E-state index contributed by atoms with van der Waals surface area (Å²) in [6, 6.07) is 8.88. The van der Waals surface area contributed by atoms with Gasteiger partial charge in [-0.15, -0.1) is 0 Å². The second-order valence-electron chi connectivity index (χ2n) is 2.84. The molecule has 0 spiro atoms. The zero-order valence-electron chi connectivity index (χ0n) is 9.68. The van der Waals surface area contributed by atoms with Gasteiger partial charge in [0.05, 0.1) is 6.42 Å². The molecule has 0 aliphatic rings. The van der Waals surface area contributed by atoms with Gasteiger partial charge < -0.3 is 16.2 Å². The van der Waals surface area contributed by atoms with Gasteiger partial charge in [-0.2, -0.15) is 0 Å². The number of rotatable bonds is 4. The standard InChI is InChI=1S/C10H12N2O3.CH5N/c11-9(13)6-7-15-10(14)12-8-4-2-1-3-5-8;1-2/h1-5H,6-7H2,(H2,11,13)(H,12,14);2H2,1H3. The van der Waals surface area contributed by atoms with Crippen LogP contribution in [0.4, 0.5) is 10.5 Å². The number of primary amides is 1. The Morgan fingerprint density at radius 1 is 1.24 bits per heavy atom. The molecule has 0 saturated carbocycles. The summed E-state index contributed by atoms with van der Waals surface area (Å²) in [6.45, 7) is -0.00595. The minimum atomic E-state index is -0.595. The lowest BCUT2D eigenvalue weighted by Gasteiger charge is -2.05. The molecule has 0 aliphatic carbocycles. The Labute approximate surface area is 99.9 Å². The average Bonchev–Trinajstić information content (AvgIpc) is 2.32. The summed E-state index contributed by atoms with van der Waals surface area (Å²) < 4.78 is 4.71. The molecule has 0 unspecified atom stereocenters. The van der Waals surface area contributed by atoms with Crippen molar-refractivity contribution in [2.24, 2.45) is 11.5 Å². The molecule has 6 heteroatoms. The maximum absolute atomic E-state index is 11.1. The third-order valence-corrected chi connectivity index (χ3v) is 1.60. The Kier molecular flexibility index (Phi) is 8.05. The SMILES string of the molecule is CN.NC(=O)CCOC(=O)Nc1ccccc1. The maximum Gasteiger partial charge on any atom is 0.411 e. The van der Waals surface area contributed by atoms with E-state index in [0.717, 1.165) is 0 Å². The Bertz CT molecular complexity index is 341. The molecule has 2 amide bonds. The van der Waals surface area contributed by atoms with E-state index < -0.39 is 12.0 Å². The largest absolute Gasteiger partial charge is 0.449 e. The Hall–Kier alpha value is -2.08. The number of amides is 2. The first-order chi connectivity index (χ1) is 8.18. The van der Waals surface area contributed by atoms with Crippen LogP contribution in [0.3, 0.4) is 0 Å². The minimum absolute atomic E-state index is 0.00595. The number of benzene rings is 1. The minimum Gasteiger partial charge on any atom is -0.449 e. The van der Waals surface area contributed by atoms with Crippen molar-refractivity contribution in [3.63, 3.8) is 0 Å². The molecule has 0 radical (unpaired) electrons. The van der Waals surface area contributed by atoms with Gasteiger partial charge in [-0.3, -0.25) is 10.1 Å². The zero-order chi connectivity index (χ0) is 13.1. The number of hydrogen-bond acceptors (Lipinski definition) is 4. The molecule has 0 saturated heterocycles. The number of anilines is 1. The summed E-state index contributed by atoms with van der Waals surface area (Å²) in [5, 5.41) is 2.50. The van der Waals surface area contributed by atoms with Gasteiger partial charge in [0.2, 0.25) is 5.91 Å². The highest BCUT2D eigenvalue weighted by Gasteiger charge is 2.03. The highest BCUT2D eigenvalue weighted by Crippen LogP contribution is 2.05. The van der Waals surface area contributed by atoms with Crippen molar-refractivity contribution in [1.29, 1.82) is 0 Å². The van der Waals surface area contributed by atoms with Crippen molar-refractivity contribution in [2.45, 2.75) is 6.42 Å². The van der Waals surface area contributed by atoms with Crippen molar-refractivity contribution < 1.29 is 14.3 Å². The monoisotopic (exact) mass is 239 g/mol. The number of carbonyl (C=O) groups is 2. The second-order valence-corrected chi connectivity index (χ2v) is 2.84. The maximum atomic E-state index is 11.1. The Morgan fingerprint density at radius 2 is 1.82 bits per heavy atom. The molecule has 6 nitrogen and oxygen atoms in total. The van der Waals surface area contributed by atoms with Crippen LogP contribution < -0.4 is 16.8 Å². The lowest BCUT2D eigenvalue weighted by molar-refractivity contribution is -0.118. The first kappa shape index (κ1) is 14.9. The van der Waals surface area contributed by atoms with Crippen LogP contribution in [0.5, 0.6) is 0 Å². The summed E-state index contributed by atoms with van der Waals surface area (Å²) in [6.07, 6.45) is -0.565. The number of para-hydroxylation sites is 1. The fourth-order valence-electron chi connectivity index (χ4n) is 0.920. The predicted octanol–water partition coefficient (Wildman–Crippen LogP) is 0.685. The summed E-state index contributed by atoms with van der Waals surface area (Å²) >= 11 is 0. The number of nitrogens with two attached hydrogens (primary N) is 2. The molecule has 0 fully saturated rings. The summed E-state index contributed by atoms with van der Waals surface area (Å²) in [5.41, 5.74) is 10.0. The van der Waals surface area contributed by atoms with E-state index in [0.29, 0.717) is 5.69 Å². The van der Waals surface area contributed by atoms with Crippen molar-refractivity contribution in [3.8, 4) is 0 Å². The van der Waals surface area contributed by atoms with E-state index in [2.05, 4.69) is 11.1 Å². The van der Waals surface area contributed by atoms with E-state index in [-0.39, 0.29) is 13.0 Å². The molecular formula is C11H17N3O3. The second kappa shape index (κ2) is 9.17. The van der Waals surface area contributed by atoms with Crippen LogP contribution in [0.15, 0.2) is 30.3 Å². The molecule has 5 N–H and O–H groups in total. The molecule has 1 aromatic carbocycles. The average molecular weight is 239 g/mol. The molecular weight excluding hydrogens is 222 g/mol. The molecule has 1 aromatic rings. The molecule has 1 rings (SSSR count). The number of nitrogens with one attached hydrogen (secondary N) is 1. The van der Waals surface area contributed by atoms with Crippen molar-refractivity contribution in [3.05, 3.63) is 30.3 Å². The van der Waals surface area contributed by atoms with E-state index in [1.54, 1.807) is 24.3 Å². The number of ether oxygens (including phenoxy) is 1. The van der Waals surface area contributed by atoms with Gasteiger partial charge in [0.25, 0.3) is 0 Å². The van der Waals surface area contributed by atoms with Gasteiger partial charge in [-0.05, 0) is 19.2 Å². The van der Waals surface area contributed by atoms with E-state index in [1.807, 2.05) is 6.07 Å². The molecule has 94 valence electrons. The molecule has 0 heterocycles. The van der Waals surface area contributed by atoms with Crippen LogP contribution in [0, 0.1) is 0 Å². The van der Waals surface area contributed by atoms with Crippen molar-refractivity contribution >= 4 is 17.7 Å². The quantitative estimate of drug-likeness (QED) is 0.718. The Balaban J connectivity index is 0.00000121. The predicted molar refractivity (Wildman–Crippen MR) is 65.3 cm³/mol. The summed E-state index contributed by atoms with van der Waals surface area (Å²) in [4.78, 5) is 21.5. The van der Waals surface area contributed by atoms with Gasteiger partial charge in [0, 0.05) is 5.69 Å². The van der Waals surface area contributed by atoms with E-state index in [9.17, 15) is 9.59 Å². The normalized spacial score (nSPS) is 8.59. The molecule has 0 bridgehead atoms. The highest BCUT2D eigenvalue weighted by atomic mass is 16.5. The third kappa shape index (κ3) is 7.80. The summed E-state index contributed by atoms with van der Waals surface area (Å²) in [7, 11) is 1.50. The van der Waals surface area contributed by atoms with E-state index in [4.69, 9.17) is 10.5 Å². The smallest absolute Gasteiger partial charge is 0.411 e. The van der Waals surface area contributed by atoms with Gasteiger partial charge >= 0.3 is 6.09 Å². The topological polar surface area (TPSA) is 107 Å². The van der Waals surface area contributed by atoms with Crippen LogP contribution in [0.2, 0.25) is 0 Å². The lowest BCUT2D eigenvalue weighted by atomic mass is 10.3. The molecule has 0 atom stereocenters. The third-order valence-electron chi connectivity index (χ3n) is 1.60. The van der Waals surface area contributed by atoms with Gasteiger partial charge in [0.15, 0.2) is 0 Å². The van der Waals surface area contributed by atoms with Crippen molar-refractivity contribution in [2.75, 3.05) is 19.0 Å². The lowest BCUT2D eigenvalue weighted by Crippen LogP contribution is -2.18. The van der Waals surface area contributed by atoms with Crippen LogP contribution in [0.1, 0.15) is 6.42 Å². The van der Waals surface area contributed by atoms with Gasteiger partial charge in [-0.1, -0.05) is 18.2 Å². The van der Waals surface area contributed by atoms with E-state index in [1.165, 1.54) is 7.05 Å². The number of carbonyl (C=O) groups excluding carboxylic acids is 2. The van der Waals surface area contributed by atoms with Crippen LogP contribution in [0.25, 0.3) is 0 Å². The van der Waals surface area contributed by atoms with Gasteiger partial charge in [-0.25, -0.2) is 4.79 Å². The fraction of sp³-hybridized carbons (Fsp3) is 0.273. The summed E-state index contributed by atoms with van der Waals surface area (Å²) in [5.74, 6) is -0.498. The zero-order valence-corrected chi connectivity index (χ0v) is 9.68.